The molecule has 2 rings (SSSR count). The van der Waals surface area contributed by atoms with Crippen LogP contribution in [0.1, 0.15) is 113 Å². The standard InChI is InChI=1S/C28H52O4/c1-8-18(3)26(32)25-22(27(5,6)16-14-20(29)9-2)15-17-28(7)21(11-12-23(25)28)19(4)10-13-24(30)31/h18-23,25-26,29,32H,8-17H2,1-7H3,(H,30,31)/t18-,19+,20-,21+,22?,23?,25?,26?,28+/m0/s1. The fourth-order valence-corrected chi connectivity index (χ4v) is 7.66. The molecule has 3 N–H and O–H groups in total. The molecule has 0 aliphatic heterocycles. The van der Waals surface area contributed by atoms with Crippen molar-refractivity contribution in [3.8, 4) is 0 Å². The van der Waals surface area contributed by atoms with E-state index in [1.807, 2.05) is 6.92 Å². The number of carboxylic acid groups (broad SMARTS) is 1. The maximum absolute atomic E-state index is 11.6. The van der Waals surface area contributed by atoms with Crippen LogP contribution in [0.5, 0.6) is 0 Å². The van der Waals surface area contributed by atoms with Gasteiger partial charge < -0.3 is 15.3 Å². The number of aliphatic carboxylic acids is 1. The molecule has 9 atom stereocenters. The first-order valence-electron chi connectivity index (χ1n) is 13.5. The van der Waals surface area contributed by atoms with Crippen LogP contribution < -0.4 is 0 Å². The lowest BCUT2D eigenvalue weighted by molar-refractivity contribution is -0.137. The smallest absolute Gasteiger partial charge is 0.303 e. The lowest BCUT2D eigenvalue weighted by Crippen LogP contribution is -2.52. The lowest BCUT2D eigenvalue weighted by Gasteiger charge is -2.56. The van der Waals surface area contributed by atoms with Crippen molar-refractivity contribution >= 4 is 5.97 Å². The van der Waals surface area contributed by atoms with Gasteiger partial charge in [0.05, 0.1) is 12.2 Å². The van der Waals surface area contributed by atoms with Gasteiger partial charge >= 0.3 is 5.97 Å². The van der Waals surface area contributed by atoms with E-state index in [9.17, 15) is 20.1 Å². The molecule has 0 spiro atoms. The zero-order chi connectivity index (χ0) is 24.3. The van der Waals surface area contributed by atoms with E-state index in [0.717, 1.165) is 51.4 Å². The maximum atomic E-state index is 11.6. The van der Waals surface area contributed by atoms with Crippen LogP contribution >= 0.6 is 0 Å². The number of fused-ring (bicyclic) bond motifs is 1. The van der Waals surface area contributed by atoms with E-state index in [2.05, 4.69) is 41.5 Å². The molecule has 4 heteroatoms. The maximum Gasteiger partial charge on any atom is 0.303 e. The molecule has 0 heterocycles. The summed E-state index contributed by atoms with van der Waals surface area (Å²) in [6, 6.07) is 0. The van der Waals surface area contributed by atoms with Gasteiger partial charge in [0.15, 0.2) is 0 Å². The first-order valence-corrected chi connectivity index (χ1v) is 13.5. The van der Waals surface area contributed by atoms with Crippen molar-refractivity contribution < 1.29 is 20.1 Å². The molecule has 2 fully saturated rings. The van der Waals surface area contributed by atoms with Gasteiger partial charge in [0.1, 0.15) is 0 Å². The number of aliphatic hydroxyl groups excluding tert-OH is 2. The van der Waals surface area contributed by atoms with Crippen LogP contribution in [-0.4, -0.2) is 33.5 Å². The quantitative estimate of drug-likeness (QED) is 0.314. The highest BCUT2D eigenvalue weighted by molar-refractivity contribution is 5.66. The zero-order valence-electron chi connectivity index (χ0n) is 21.9. The predicted molar refractivity (Wildman–Crippen MR) is 131 cm³/mol. The van der Waals surface area contributed by atoms with Crippen LogP contribution in [0.2, 0.25) is 0 Å². The van der Waals surface area contributed by atoms with Crippen LogP contribution in [0.25, 0.3) is 0 Å². The molecule has 2 aliphatic carbocycles. The second-order valence-corrected chi connectivity index (χ2v) is 12.4. The summed E-state index contributed by atoms with van der Waals surface area (Å²) in [5, 5.41) is 31.0. The molecule has 32 heavy (non-hydrogen) atoms. The molecule has 4 unspecified atom stereocenters. The van der Waals surface area contributed by atoms with Crippen molar-refractivity contribution in [2.45, 2.75) is 125 Å². The van der Waals surface area contributed by atoms with E-state index in [1.54, 1.807) is 0 Å². The molecule has 0 saturated heterocycles. The third-order valence-corrected chi connectivity index (χ3v) is 10.1. The first kappa shape index (κ1) is 27.6. The minimum absolute atomic E-state index is 0.0869. The van der Waals surface area contributed by atoms with Gasteiger partial charge in [-0.2, -0.15) is 0 Å². The van der Waals surface area contributed by atoms with Crippen molar-refractivity contribution in [3.63, 3.8) is 0 Å². The van der Waals surface area contributed by atoms with E-state index in [-0.39, 0.29) is 41.3 Å². The average Bonchev–Trinajstić information content (AvgIpc) is 3.10. The van der Waals surface area contributed by atoms with E-state index in [0.29, 0.717) is 23.7 Å². The summed E-state index contributed by atoms with van der Waals surface area (Å²) in [6.45, 7) is 15.9. The Bertz CT molecular complexity index is 602. The second-order valence-electron chi connectivity index (χ2n) is 12.4. The van der Waals surface area contributed by atoms with Gasteiger partial charge in [-0.05, 0) is 97.7 Å². The summed E-state index contributed by atoms with van der Waals surface area (Å²) in [5.74, 6) is 1.79. The van der Waals surface area contributed by atoms with E-state index >= 15 is 0 Å². The van der Waals surface area contributed by atoms with Gasteiger partial charge in [0, 0.05) is 6.42 Å². The Morgan fingerprint density at radius 2 is 1.72 bits per heavy atom. The van der Waals surface area contributed by atoms with E-state index < -0.39 is 5.97 Å². The van der Waals surface area contributed by atoms with E-state index in [1.165, 1.54) is 6.42 Å². The van der Waals surface area contributed by atoms with Gasteiger partial charge in [-0.1, -0.05) is 54.9 Å². The third-order valence-electron chi connectivity index (χ3n) is 10.1. The normalized spacial score (nSPS) is 34.5. The average molecular weight is 453 g/mol. The molecule has 4 nitrogen and oxygen atoms in total. The topological polar surface area (TPSA) is 77.8 Å². The fraction of sp³-hybridized carbons (Fsp3) is 0.964. The van der Waals surface area contributed by atoms with Crippen molar-refractivity contribution in [1.82, 2.24) is 0 Å². The highest BCUT2D eigenvalue weighted by atomic mass is 16.4. The highest BCUT2D eigenvalue weighted by Gasteiger charge is 2.58. The van der Waals surface area contributed by atoms with Crippen molar-refractivity contribution in [2.75, 3.05) is 0 Å². The predicted octanol–water partition coefficient (Wildman–Crippen LogP) is 6.53. The molecule has 0 radical (unpaired) electrons. The number of carboxylic acids is 1. The lowest BCUT2D eigenvalue weighted by atomic mass is 9.50. The van der Waals surface area contributed by atoms with Crippen molar-refractivity contribution in [1.29, 1.82) is 0 Å². The summed E-state index contributed by atoms with van der Waals surface area (Å²) < 4.78 is 0. The van der Waals surface area contributed by atoms with Crippen molar-refractivity contribution in [3.05, 3.63) is 0 Å². The number of carbonyl (C=O) groups is 1. The van der Waals surface area contributed by atoms with Crippen LogP contribution in [0.4, 0.5) is 0 Å². The van der Waals surface area contributed by atoms with Crippen LogP contribution in [-0.2, 0) is 4.79 Å². The summed E-state index contributed by atoms with van der Waals surface area (Å²) in [6.07, 6.45) is 8.73. The first-order chi connectivity index (χ1) is 14.9. The SMILES string of the molecule is CC[C@H](O)CCC(C)(C)C1CC[C@@]2(C)C(CC[C@@H]2[C@H](C)CCC(=O)O)C1C(O)[C@@H](C)CC. The van der Waals surface area contributed by atoms with Crippen LogP contribution in [0.3, 0.4) is 0 Å². The van der Waals surface area contributed by atoms with E-state index in [4.69, 9.17) is 0 Å². The second kappa shape index (κ2) is 11.2. The molecule has 2 saturated carbocycles. The molecule has 0 aromatic rings. The Balaban J connectivity index is 2.31. The molecular weight excluding hydrogens is 400 g/mol. The van der Waals surface area contributed by atoms with Gasteiger partial charge in [-0.3, -0.25) is 4.79 Å². The van der Waals surface area contributed by atoms with Crippen LogP contribution in [0, 0.1) is 46.3 Å². The highest BCUT2D eigenvalue weighted by Crippen LogP contribution is 2.64. The summed E-state index contributed by atoms with van der Waals surface area (Å²) >= 11 is 0. The molecule has 2 aliphatic rings. The van der Waals surface area contributed by atoms with Crippen LogP contribution in [0.15, 0.2) is 0 Å². The molecular formula is C28H52O4. The van der Waals surface area contributed by atoms with Gasteiger partial charge in [-0.15, -0.1) is 0 Å². The monoisotopic (exact) mass is 452 g/mol. The van der Waals surface area contributed by atoms with Crippen molar-refractivity contribution in [2.24, 2.45) is 46.3 Å². The molecule has 0 amide bonds. The fourth-order valence-electron chi connectivity index (χ4n) is 7.66. The minimum atomic E-state index is -0.693. The molecule has 188 valence electrons. The van der Waals surface area contributed by atoms with Gasteiger partial charge in [-0.25, -0.2) is 0 Å². The summed E-state index contributed by atoms with van der Waals surface area (Å²) in [7, 11) is 0. The molecule has 0 bridgehead atoms. The molecule has 0 aromatic heterocycles. The van der Waals surface area contributed by atoms with Gasteiger partial charge in [0.2, 0.25) is 0 Å². The Labute approximate surface area is 197 Å². The van der Waals surface area contributed by atoms with Gasteiger partial charge in [0.25, 0.3) is 0 Å². The number of hydrogen-bond donors (Lipinski definition) is 3. The molecule has 0 aromatic carbocycles. The minimum Gasteiger partial charge on any atom is -0.481 e. The third kappa shape index (κ3) is 5.90. The Morgan fingerprint density at radius 3 is 2.28 bits per heavy atom. The largest absolute Gasteiger partial charge is 0.481 e. The summed E-state index contributed by atoms with van der Waals surface area (Å²) in [5.41, 5.74) is 0.274. The number of aliphatic hydroxyl groups is 2. The summed E-state index contributed by atoms with van der Waals surface area (Å²) in [4.78, 5) is 11.2. The Kier molecular flexibility index (Phi) is 9.68. The Hall–Kier alpha value is -0.610. The Morgan fingerprint density at radius 1 is 1.06 bits per heavy atom. The number of rotatable bonds is 12. The number of hydrogen-bond acceptors (Lipinski definition) is 3. The zero-order valence-corrected chi connectivity index (χ0v) is 21.9.